The highest BCUT2D eigenvalue weighted by Gasteiger charge is 2.37. The lowest BCUT2D eigenvalue weighted by atomic mass is 10.0. The van der Waals surface area contributed by atoms with E-state index in [9.17, 15) is 8.42 Å². The first-order valence-corrected chi connectivity index (χ1v) is 6.18. The van der Waals surface area contributed by atoms with Gasteiger partial charge in [-0.1, -0.05) is 20.3 Å². The van der Waals surface area contributed by atoms with Crippen LogP contribution in [-0.2, 0) is 10.0 Å². The molecular formula is C9H21NO2S. The molecule has 0 aromatic heterocycles. The maximum absolute atomic E-state index is 11.9. The fourth-order valence-electron chi connectivity index (χ4n) is 1.46. The Morgan fingerprint density at radius 1 is 1.23 bits per heavy atom. The minimum absolute atomic E-state index is 0.592. The van der Waals surface area contributed by atoms with Gasteiger partial charge in [0, 0.05) is 14.1 Å². The van der Waals surface area contributed by atoms with Crippen LogP contribution in [0.5, 0.6) is 0 Å². The van der Waals surface area contributed by atoms with Crippen LogP contribution in [0.4, 0.5) is 0 Å². The van der Waals surface area contributed by atoms with E-state index in [1.807, 2.05) is 20.8 Å². The fraction of sp³-hybridized carbons (Fsp3) is 1.00. The van der Waals surface area contributed by atoms with Crippen molar-refractivity contribution in [1.82, 2.24) is 4.31 Å². The van der Waals surface area contributed by atoms with Crippen molar-refractivity contribution in [2.45, 2.75) is 44.8 Å². The van der Waals surface area contributed by atoms with Gasteiger partial charge in [-0.05, 0) is 19.8 Å². The van der Waals surface area contributed by atoms with Gasteiger partial charge in [-0.3, -0.25) is 0 Å². The molecule has 0 heterocycles. The molecule has 0 aromatic carbocycles. The molecule has 1 atom stereocenters. The second-order valence-electron chi connectivity index (χ2n) is 3.84. The molecule has 80 valence electrons. The third-order valence-electron chi connectivity index (χ3n) is 2.63. The van der Waals surface area contributed by atoms with Gasteiger partial charge >= 0.3 is 0 Å². The standard InChI is InChI=1S/C9H21NO2S/c1-6-8-9(3,7-2)13(11,12)10(4)5/h6-8H2,1-5H3. The molecule has 0 spiro atoms. The van der Waals surface area contributed by atoms with Crippen molar-refractivity contribution < 1.29 is 8.42 Å². The van der Waals surface area contributed by atoms with Gasteiger partial charge < -0.3 is 0 Å². The Morgan fingerprint density at radius 3 is 1.92 bits per heavy atom. The highest BCUT2D eigenvalue weighted by Crippen LogP contribution is 2.28. The Hall–Kier alpha value is -0.0900. The summed E-state index contributed by atoms with van der Waals surface area (Å²) in [7, 11) is 0.0749. The summed E-state index contributed by atoms with van der Waals surface area (Å²) in [6.45, 7) is 5.77. The van der Waals surface area contributed by atoms with Gasteiger partial charge in [-0.15, -0.1) is 0 Å². The van der Waals surface area contributed by atoms with E-state index < -0.39 is 14.8 Å². The first-order chi connectivity index (χ1) is 5.81. The van der Waals surface area contributed by atoms with Crippen LogP contribution < -0.4 is 0 Å². The van der Waals surface area contributed by atoms with Crippen LogP contribution in [-0.4, -0.2) is 31.6 Å². The Labute approximate surface area is 82.2 Å². The van der Waals surface area contributed by atoms with E-state index >= 15 is 0 Å². The van der Waals surface area contributed by atoms with Crippen molar-refractivity contribution >= 4 is 10.0 Å². The second-order valence-corrected chi connectivity index (χ2v) is 6.51. The zero-order valence-electron chi connectivity index (χ0n) is 9.29. The van der Waals surface area contributed by atoms with Crippen LogP contribution >= 0.6 is 0 Å². The van der Waals surface area contributed by atoms with Crippen LogP contribution in [0.3, 0.4) is 0 Å². The largest absolute Gasteiger partial charge is 0.219 e. The minimum atomic E-state index is -3.12. The van der Waals surface area contributed by atoms with Gasteiger partial charge in [0.2, 0.25) is 10.0 Å². The van der Waals surface area contributed by atoms with Crippen LogP contribution in [0.1, 0.15) is 40.0 Å². The number of sulfonamides is 1. The number of nitrogens with zero attached hydrogens (tertiary/aromatic N) is 1. The molecule has 0 bridgehead atoms. The Kier molecular flexibility index (Phi) is 4.39. The zero-order valence-corrected chi connectivity index (χ0v) is 10.1. The summed E-state index contributed by atoms with van der Waals surface area (Å²) in [6, 6.07) is 0. The highest BCUT2D eigenvalue weighted by molar-refractivity contribution is 7.90. The van der Waals surface area contributed by atoms with Gasteiger partial charge in [-0.25, -0.2) is 12.7 Å². The summed E-state index contributed by atoms with van der Waals surface area (Å²) < 4.78 is 24.5. The van der Waals surface area contributed by atoms with Gasteiger partial charge in [0.25, 0.3) is 0 Å². The molecule has 0 aliphatic carbocycles. The van der Waals surface area contributed by atoms with Crippen LogP contribution in [0.25, 0.3) is 0 Å². The lowest BCUT2D eigenvalue weighted by molar-refractivity contribution is 0.440. The Morgan fingerprint density at radius 2 is 1.69 bits per heavy atom. The minimum Gasteiger partial charge on any atom is -0.212 e. The quantitative estimate of drug-likeness (QED) is 0.690. The first-order valence-electron chi connectivity index (χ1n) is 4.74. The lowest BCUT2D eigenvalue weighted by Gasteiger charge is -2.30. The summed E-state index contributed by atoms with van der Waals surface area (Å²) in [6.07, 6.45) is 2.29. The summed E-state index contributed by atoms with van der Waals surface area (Å²) in [5, 5.41) is 0. The number of hydrogen-bond acceptors (Lipinski definition) is 2. The molecule has 3 nitrogen and oxygen atoms in total. The molecule has 1 unspecified atom stereocenters. The molecule has 0 aliphatic heterocycles. The third-order valence-corrected chi connectivity index (χ3v) is 5.33. The first kappa shape index (κ1) is 12.9. The van der Waals surface area contributed by atoms with Crippen molar-refractivity contribution in [3.05, 3.63) is 0 Å². The highest BCUT2D eigenvalue weighted by atomic mass is 32.2. The maximum Gasteiger partial charge on any atom is 0.219 e. The molecule has 4 heteroatoms. The van der Waals surface area contributed by atoms with E-state index in [0.717, 1.165) is 12.8 Å². The van der Waals surface area contributed by atoms with E-state index in [-0.39, 0.29) is 0 Å². The van der Waals surface area contributed by atoms with E-state index in [1.54, 1.807) is 14.1 Å². The Balaban J connectivity index is 4.96. The molecule has 0 radical (unpaired) electrons. The van der Waals surface area contributed by atoms with Gasteiger partial charge in [0.1, 0.15) is 0 Å². The smallest absolute Gasteiger partial charge is 0.212 e. The normalized spacial score (nSPS) is 17.4. The summed E-state index contributed by atoms with van der Waals surface area (Å²) in [4.78, 5) is 0. The lowest BCUT2D eigenvalue weighted by Crippen LogP contribution is -2.42. The molecule has 0 saturated carbocycles. The monoisotopic (exact) mass is 207 g/mol. The van der Waals surface area contributed by atoms with Crippen LogP contribution in [0.2, 0.25) is 0 Å². The molecule has 0 fully saturated rings. The average Bonchev–Trinajstić information content (AvgIpc) is 2.04. The van der Waals surface area contributed by atoms with E-state index in [0.29, 0.717) is 6.42 Å². The molecule has 13 heavy (non-hydrogen) atoms. The average molecular weight is 207 g/mol. The van der Waals surface area contributed by atoms with Crippen molar-refractivity contribution in [2.75, 3.05) is 14.1 Å². The predicted molar refractivity (Wildman–Crippen MR) is 56.2 cm³/mol. The molecule has 0 saturated heterocycles. The van der Waals surface area contributed by atoms with Crippen molar-refractivity contribution in [3.8, 4) is 0 Å². The summed E-state index contributed by atoms with van der Waals surface area (Å²) in [5.41, 5.74) is 0. The summed E-state index contributed by atoms with van der Waals surface area (Å²) >= 11 is 0. The number of hydrogen-bond donors (Lipinski definition) is 0. The SMILES string of the molecule is CCCC(C)(CC)S(=O)(=O)N(C)C. The molecular weight excluding hydrogens is 186 g/mol. The van der Waals surface area contributed by atoms with Crippen LogP contribution in [0.15, 0.2) is 0 Å². The number of rotatable bonds is 5. The molecule has 0 rings (SSSR count). The third kappa shape index (κ3) is 2.44. The Bertz CT molecular complexity index is 246. The van der Waals surface area contributed by atoms with Gasteiger partial charge in [0.15, 0.2) is 0 Å². The molecule has 0 aromatic rings. The molecule has 0 aliphatic rings. The van der Waals surface area contributed by atoms with E-state index in [4.69, 9.17) is 0 Å². The van der Waals surface area contributed by atoms with Crippen LogP contribution in [0, 0.1) is 0 Å². The zero-order chi connectivity index (χ0) is 10.7. The topological polar surface area (TPSA) is 37.4 Å². The molecule has 0 N–H and O–H groups in total. The fourth-order valence-corrected chi connectivity index (χ4v) is 3.17. The predicted octanol–water partition coefficient (Wildman–Crippen LogP) is 1.85. The maximum atomic E-state index is 11.9. The van der Waals surface area contributed by atoms with Crippen molar-refractivity contribution in [2.24, 2.45) is 0 Å². The van der Waals surface area contributed by atoms with E-state index in [1.165, 1.54) is 4.31 Å². The molecule has 0 amide bonds. The second kappa shape index (κ2) is 4.42. The van der Waals surface area contributed by atoms with Crippen molar-refractivity contribution in [3.63, 3.8) is 0 Å². The van der Waals surface area contributed by atoms with Gasteiger partial charge in [0.05, 0.1) is 4.75 Å². The van der Waals surface area contributed by atoms with Crippen molar-refractivity contribution in [1.29, 1.82) is 0 Å². The van der Waals surface area contributed by atoms with Gasteiger partial charge in [-0.2, -0.15) is 0 Å². The summed E-state index contributed by atoms with van der Waals surface area (Å²) in [5.74, 6) is 0. The van der Waals surface area contributed by atoms with E-state index in [2.05, 4.69) is 0 Å².